The first kappa shape index (κ1) is 23.0. The van der Waals surface area contributed by atoms with E-state index in [0.717, 1.165) is 13.2 Å². The van der Waals surface area contributed by atoms with Crippen LogP contribution in [-0.4, -0.2) is 13.2 Å². The molecule has 1 nitrogen and oxygen atoms in total. The lowest BCUT2D eigenvalue weighted by Crippen LogP contribution is -1.97. The van der Waals surface area contributed by atoms with E-state index in [4.69, 9.17) is 4.74 Å². The molecular weight excluding hydrogens is 280 g/mol. The largest absolute Gasteiger partial charge is 0.381 e. The lowest BCUT2D eigenvalue weighted by atomic mass is 10.1. The van der Waals surface area contributed by atoms with Crippen LogP contribution in [0.25, 0.3) is 0 Å². The third kappa shape index (κ3) is 22.0. The van der Waals surface area contributed by atoms with E-state index in [0.29, 0.717) is 0 Å². The van der Waals surface area contributed by atoms with Crippen LogP contribution in [0.4, 0.5) is 0 Å². The summed E-state index contributed by atoms with van der Waals surface area (Å²) in [5.41, 5.74) is 0. The van der Waals surface area contributed by atoms with Gasteiger partial charge < -0.3 is 4.74 Å². The number of hydrogen-bond donors (Lipinski definition) is 0. The molecule has 0 spiro atoms. The monoisotopic (exact) mass is 326 g/mol. The van der Waals surface area contributed by atoms with E-state index < -0.39 is 0 Å². The molecule has 0 heterocycles. The minimum Gasteiger partial charge on any atom is -0.381 e. The van der Waals surface area contributed by atoms with Crippen molar-refractivity contribution >= 4 is 0 Å². The van der Waals surface area contributed by atoms with E-state index in [9.17, 15) is 0 Å². The van der Waals surface area contributed by atoms with Crippen LogP contribution in [0.1, 0.15) is 129 Å². The number of rotatable bonds is 20. The van der Waals surface area contributed by atoms with Crippen LogP contribution in [0.2, 0.25) is 0 Å². The Hall–Kier alpha value is -0.0400. The maximum atomic E-state index is 5.73. The minimum atomic E-state index is 0.990. The minimum absolute atomic E-state index is 0.990. The van der Waals surface area contributed by atoms with Gasteiger partial charge in [0.2, 0.25) is 0 Å². The third-order valence-electron chi connectivity index (χ3n) is 4.78. The average Bonchev–Trinajstić information content (AvgIpc) is 2.57. The Morgan fingerprint density at radius 2 is 0.609 bits per heavy atom. The van der Waals surface area contributed by atoms with Gasteiger partial charge in [-0.15, -0.1) is 0 Å². The van der Waals surface area contributed by atoms with Crippen molar-refractivity contribution in [1.29, 1.82) is 0 Å². The zero-order valence-corrected chi connectivity index (χ0v) is 16.6. The lowest BCUT2D eigenvalue weighted by Gasteiger charge is -2.05. The van der Waals surface area contributed by atoms with E-state index in [1.165, 1.54) is 116 Å². The fourth-order valence-electron chi connectivity index (χ4n) is 3.13. The van der Waals surface area contributed by atoms with Crippen molar-refractivity contribution in [1.82, 2.24) is 0 Å². The summed E-state index contributed by atoms with van der Waals surface area (Å²) in [5, 5.41) is 0. The fourth-order valence-corrected chi connectivity index (χ4v) is 3.13. The predicted molar refractivity (Wildman–Crippen MR) is 105 cm³/mol. The van der Waals surface area contributed by atoms with Crippen LogP contribution in [0.3, 0.4) is 0 Å². The first-order valence-electron chi connectivity index (χ1n) is 11.0. The maximum absolute atomic E-state index is 5.73. The highest BCUT2D eigenvalue weighted by molar-refractivity contribution is 4.49. The van der Waals surface area contributed by atoms with Gasteiger partial charge in [0.1, 0.15) is 0 Å². The SMILES string of the molecule is CCCCCCCCCCCCCCOCCCCCCCC. The Kier molecular flexibility index (Phi) is 21.9. The molecule has 0 atom stereocenters. The summed E-state index contributed by atoms with van der Waals surface area (Å²) in [6, 6.07) is 0. The molecule has 0 aromatic heterocycles. The molecule has 0 aliphatic rings. The molecule has 1 heteroatoms. The molecule has 0 rings (SSSR count). The van der Waals surface area contributed by atoms with Gasteiger partial charge in [0.05, 0.1) is 0 Å². The van der Waals surface area contributed by atoms with Gasteiger partial charge >= 0.3 is 0 Å². The van der Waals surface area contributed by atoms with Gasteiger partial charge in [0, 0.05) is 13.2 Å². The second-order valence-electron chi connectivity index (χ2n) is 7.27. The third-order valence-corrected chi connectivity index (χ3v) is 4.78. The van der Waals surface area contributed by atoms with Crippen LogP contribution >= 0.6 is 0 Å². The average molecular weight is 327 g/mol. The van der Waals surface area contributed by atoms with Crippen molar-refractivity contribution in [3.63, 3.8) is 0 Å². The highest BCUT2D eigenvalue weighted by atomic mass is 16.5. The van der Waals surface area contributed by atoms with Gasteiger partial charge in [0.25, 0.3) is 0 Å². The molecule has 0 unspecified atom stereocenters. The van der Waals surface area contributed by atoms with Gasteiger partial charge in [0.15, 0.2) is 0 Å². The summed E-state index contributed by atoms with van der Waals surface area (Å²) in [6.45, 7) is 6.55. The van der Waals surface area contributed by atoms with Crippen molar-refractivity contribution < 1.29 is 4.74 Å². The van der Waals surface area contributed by atoms with Gasteiger partial charge in [-0.1, -0.05) is 117 Å². The Morgan fingerprint density at radius 3 is 0.913 bits per heavy atom. The van der Waals surface area contributed by atoms with Gasteiger partial charge in [-0.25, -0.2) is 0 Å². The van der Waals surface area contributed by atoms with Gasteiger partial charge in [-0.05, 0) is 12.8 Å². The molecule has 0 saturated carbocycles. The van der Waals surface area contributed by atoms with E-state index in [1.807, 2.05) is 0 Å². The predicted octanol–water partition coefficient (Wildman–Crippen LogP) is 8.06. The van der Waals surface area contributed by atoms with Gasteiger partial charge in [-0.2, -0.15) is 0 Å². The Morgan fingerprint density at radius 1 is 0.348 bits per heavy atom. The molecule has 0 aromatic carbocycles. The summed E-state index contributed by atoms with van der Waals surface area (Å²) in [4.78, 5) is 0. The molecule has 0 saturated heterocycles. The van der Waals surface area contributed by atoms with Crippen molar-refractivity contribution in [3.05, 3.63) is 0 Å². The molecule has 140 valence electrons. The van der Waals surface area contributed by atoms with Crippen molar-refractivity contribution in [2.24, 2.45) is 0 Å². The van der Waals surface area contributed by atoms with Crippen LogP contribution < -0.4 is 0 Å². The Balaban J connectivity index is 2.92. The smallest absolute Gasteiger partial charge is 0.0466 e. The second kappa shape index (κ2) is 22.0. The second-order valence-corrected chi connectivity index (χ2v) is 7.27. The maximum Gasteiger partial charge on any atom is 0.0466 e. The van der Waals surface area contributed by atoms with Crippen LogP contribution in [0.15, 0.2) is 0 Å². The van der Waals surface area contributed by atoms with Crippen molar-refractivity contribution in [2.45, 2.75) is 129 Å². The Bertz CT molecular complexity index is 170. The zero-order valence-electron chi connectivity index (χ0n) is 16.6. The Labute approximate surface area is 148 Å². The summed E-state index contributed by atoms with van der Waals surface area (Å²) < 4.78 is 5.73. The zero-order chi connectivity index (χ0) is 16.8. The normalized spacial score (nSPS) is 11.2. The molecule has 0 N–H and O–H groups in total. The molecule has 0 radical (unpaired) electrons. The lowest BCUT2D eigenvalue weighted by molar-refractivity contribution is 0.125. The van der Waals surface area contributed by atoms with Crippen molar-refractivity contribution in [3.8, 4) is 0 Å². The summed E-state index contributed by atoms with van der Waals surface area (Å²) >= 11 is 0. The highest BCUT2D eigenvalue weighted by Crippen LogP contribution is 2.12. The number of ether oxygens (including phenoxy) is 1. The van der Waals surface area contributed by atoms with Crippen molar-refractivity contribution in [2.75, 3.05) is 13.2 Å². The molecule has 0 aromatic rings. The summed E-state index contributed by atoms with van der Waals surface area (Å²) in [5.74, 6) is 0. The standard InChI is InChI=1S/C22H46O/c1-3-5-7-9-11-12-13-14-15-16-18-20-22-23-21-19-17-10-8-6-4-2/h3-22H2,1-2H3. The van der Waals surface area contributed by atoms with Crippen LogP contribution in [0.5, 0.6) is 0 Å². The molecular formula is C22H46O. The number of hydrogen-bond acceptors (Lipinski definition) is 1. The first-order chi connectivity index (χ1) is 11.4. The van der Waals surface area contributed by atoms with Crippen LogP contribution in [-0.2, 0) is 4.74 Å². The first-order valence-corrected chi connectivity index (χ1v) is 11.0. The van der Waals surface area contributed by atoms with Gasteiger partial charge in [-0.3, -0.25) is 0 Å². The molecule has 0 amide bonds. The van der Waals surface area contributed by atoms with E-state index in [-0.39, 0.29) is 0 Å². The summed E-state index contributed by atoms with van der Waals surface area (Å²) in [7, 11) is 0. The van der Waals surface area contributed by atoms with E-state index >= 15 is 0 Å². The molecule has 0 fully saturated rings. The molecule has 0 aliphatic carbocycles. The highest BCUT2D eigenvalue weighted by Gasteiger charge is 1.94. The van der Waals surface area contributed by atoms with E-state index in [2.05, 4.69) is 13.8 Å². The molecule has 0 bridgehead atoms. The van der Waals surface area contributed by atoms with E-state index in [1.54, 1.807) is 0 Å². The topological polar surface area (TPSA) is 9.23 Å². The fraction of sp³-hybridized carbons (Fsp3) is 1.00. The van der Waals surface area contributed by atoms with Crippen LogP contribution in [0, 0.1) is 0 Å². The summed E-state index contributed by atoms with van der Waals surface area (Å²) in [6.07, 6.45) is 25.2. The quantitative estimate of drug-likeness (QED) is 0.205. The number of unbranched alkanes of at least 4 members (excludes halogenated alkanes) is 16. The molecule has 0 aliphatic heterocycles. The molecule has 23 heavy (non-hydrogen) atoms.